The van der Waals surface area contributed by atoms with E-state index in [0.29, 0.717) is 23.7 Å². The highest BCUT2D eigenvalue weighted by atomic mass is 16.5. The van der Waals surface area contributed by atoms with E-state index in [9.17, 15) is 9.59 Å². The number of allylic oxidation sites excluding steroid dienone is 2. The third kappa shape index (κ3) is 3.58. The van der Waals surface area contributed by atoms with Crippen LogP contribution in [0.5, 0.6) is 0 Å². The highest BCUT2D eigenvalue weighted by Crippen LogP contribution is 2.75. The molecule has 208 valence electrons. The molecule has 0 unspecified atom stereocenters. The van der Waals surface area contributed by atoms with Crippen molar-refractivity contribution in [2.75, 3.05) is 7.11 Å². The molecule has 37 heavy (non-hydrogen) atoms. The van der Waals surface area contributed by atoms with Gasteiger partial charge in [0.2, 0.25) is 0 Å². The number of rotatable bonds is 2. The standard InChI is InChI=1S/C33H52O4/c1-21(34)37-26-13-14-30(6)24(29(26,4)5)12-15-32(8)25(30)11-10-22-23-20-28(2,3)16-18-33(23,27(35)36-9)19-17-31(22,32)7/h10-11,22-26H,12-20H2,1-9H3/t22-,23-,24-,25+,26-,30-,31-,32-,33-/m0/s1. The minimum Gasteiger partial charge on any atom is -0.469 e. The Hall–Kier alpha value is -1.32. The molecule has 0 bridgehead atoms. The summed E-state index contributed by atoms with van der Waals surface area (Å²) in [7, 11) is 1.59. The molecule has 0 amide bonds. The van der Waals surface area contributed by atoms with Gasteiger partial charge in [0.1, 0.15) is 6.10 Å². The normalized spacial score (nSPS) is 49.5. The molecular formula is C33H52O4. The van der Waals surface area contributed by atoms with Gasteiger partial charge in [0.15, 0.2) is 0 Å². The molecule has 4 saturated carbocycles. The van der Waals surface area contributed by atoms with Gasteiger partial charge in [-0.1, -0.05) is 60.6 Å². The Kier molecular flexibility index (Phi) is 6.14. The molecule has 0 radical (unpaired) electrons. The zero-order chi connectivity index (χ0) is 27.2. The van der Waals surface area contributed by atoms with Crippen molar-refractivity contribution < 1.29 is 19.1 Å². The summed E-state index contributed by atoms with van der Waals surface area (Å²) < 4.78 is 11.4. The third-order valence-corrected chi connectivity index (χ3v) is 13.5. The number of methoxy groups -OCH3 is 1. The second kappa shape index (κ2) is 8.34. The van der Waals surface area contributed by atoms with Crippen LogP contribution in [0.25, 0.3) is 0 Å². The van der Waals surface area contributed by atoms with Crippen molar-refractivity contribution >= 4 is 11.9 Å². The molecule has 0 N–H and O–H groups in total. The second-order valence-corrected chi connectivity index (χ2v) is 15.9. The van der Waals surface area contributed by atoms with Crippen LogP contribution >= 0.6 is 0 Å². The average Bonchev–Trinajstić information content (AvgIpc) is 2.80. The maximum absolute atomic E-state index is 13.4. The average molecular weight is 513 g/mol. The van der Waals surface area contributed by atoms with Crippen LogP contribution < -0.4 is 0 Å². The minimum atomic E-state index is -0.326. The van der Waals surface area contributed by atoms with E-state index in [0.717, 1.165) is 44.9 Å². The van der Waals surface area contributed by atoms with Gasteiger partial charge in [0, 0.05) is 12.3 Å². The van der Waals surface area contributed by atoms with E-state index in [1.54, 1.807) is 14.0 Å². The molecule has 4 fully saturated rings. The molecule has 9 atom stereocenters. The highest BCUT2D eigenvalue weighted by Gasteiger charge is 2.70. The van der Waals surface area contributed by atoms with E-state index in [-0.39, 0.29) is 50.5 Å². The number of fused-ring (bicyclic) bond motifs is 7. The van der Waals surface area contributed by atoms with Gasteiger partial charge in [-0.2, -0.15) is 0 Å². The van der Waals surface area contributed by atoms with Gasteiger partial charge in [-0.3, -0.25) is 9.59 Å². The van der Waals surface area contributed by atoms with Crippen LogP contribution in [0.1, 0.15) is 113 Å². The quantitative estimate of drug-likeness (QED) is 0.280. The summed E-state index contributed by atoms with van der Waals surface area (Å²) in [6.07, 6.45) is 14.8. The molecule has 0 aromatic heterocycles. The second-order valence-electron chi connectivity index (χ2n) is 15.9. The fraction of sp³-hybridized carbons (Fsp3) is 0.879. The van der Waals surface area contributed by atoms with Gasteiger partial charge in [-0.25, -0.2) is 0 Å². The smallest absolute Gasteiger partial charge is 0.312 e. The highest BCUT2D eigenvalue weighted by molar-refractivity contribution is 5.78. The van der Waals surface area contributed by atoms with E-state index in [4.69, 9.17) is 9.47 Å². The molecule has 5 aliphatic rings. The zero-order valence-electron chi connectivity index (χ0n) is 25.0. The molecular weight excluding hydrogens is 460 g/mol. The summed E-state index contributed by atoms with van der Waals surface area (Å²) in [6.45, 7) is 18.8. The summed E-state index contributed by atoms with van der Waals surface area (Å²) >= 11 is 0. The van der Waals surface area contributed by atoms with E-state index >= 15 is 0 Å². The zero-order valence-corrected chi connectivity index (χ0v) is 25.0. The fourth-order valence-electron chi connectivity index (χ4n) is 11.3. The first kappa shape index (κ1) is 27.3. The Morgan fingerprint density at radius 1 is 0.811 bits per heavy atom. The van der Waals surface area contributed by atoms with Crippen molar-refractivity contribution in [1.82, 2.24) is 0 Å². The molecule has 0 saturated heterocycles. The maximum atomic E-state index is 13.4. The van der Waals surface area contributed by atoms with Gasteiger partial charge in [-0.15, -0.1) is 0 Å². The van der Waals surface area contributed by atoms with Crippen molar-refractivity contribution in [2.45, 2.75) is 119 Å². The Balaban J connectivity index is 1.55. The Morgan fingerprint density at radius 3 is 2.14 bits per heavy atom. The van der Waals surface area contributed by atoms with Gasteiger partial charge < -0.3 is 9.47 Å². The molecule has 5 rings (SSSR count). The number of hydrogen-bond acceptors (Lipinski definition) is 4. The number of ether oxygens (including phenoxy) is 2. The van der Waals surface area contributed by atoms with Crippen LogP contribution in [0.15, 0.2) is 12.2 Å². The molecule has 4 nitrogen and oxygen atoms in total. The molecule has 0 aromatic carbocycles. The first-order valence-corrected chi connectivity index (χ1v) is 15.0. The summed E-state index contributed by atoms with van der Waals surface area (Å²) in [4.78, 5) is 25.3. The predicted octanol–water partition coefficient (Wildman–Crippen LogP) is 7.75. The van der Waals surface area contributed by atoms with Gasteiger partial charge >= 0.3 is 11.9 Å². The minimum absolute atomic E-state index is 0.00293. The van der Waals surface area contributed by atoms with Gasteiger partial charge in [0.05, 0.1) is 12.5 Å². The summed E-state index contributed by atoms with van der Waals surface area (Å²) in [5.41, 5.74) is 0.423. The van der Waals surface area contributed by atoms with E-state index in [1.165, 1.54) is 12.8 Å². The first-order chi connectivity index (χ1) is 17.1. The van der Waals surface area contributed by atoms with Gasteiger partial charge in [0.25, 0.3) is 0 Å². The largest absolute Gasteiger partial charge is 0.469 e. The van der Waals surface area contributed by atoms with Crippen LogP contribution in [0.2, 0.25) is 0 Å². The van der Waals surface area contributed by atoms with E-state index < -0.39 is 0 Å². The van der Waals surface area contributed by atoms with Crippen molar-refractivity contribution in [3.63, 3.8) is 0 Å². The number of esters is 2. The van der Waals surface area contributed by atoms with Crippen molar-refractivity contribution in [1.29, 1.82) is 0 Å². The van der Waals surface area contributed by atoms with Crippen molar-refractivity contribution in [3.05, 3.63) is 12.2 Å². The molecule has 0 heterocycles. The van der Waals surface area contributed by atoms with E-state index in [1.807, 2.05) is 0 Å². The molecule has 0 spiro atoms. The Morgan fingerprint density at radius 2 is 1.49 bits per heavy atom. The van der Waals surface area contributed by atoms with Crippen LogP contribution in [0.4, 0.5) is 0 Å². The van der Waals surface area contributed by atoms with Crippen LogP contribution in [0, 0.1) is 56.2 Å². The monoisotopic (exact) mass is 512 g/mol. The van der Waals surface area contributed by atoms with E-state index in [2.05, 4.69) is 60.6 Å². The fourth-order valence-corrected chi connectivity index (χ4v) is 11.3. The molecule has 0 aromatic rings. The van der Waals surface area contributed by atoms with Crippen LogP contribution in [-0.4, -0.2) is 25.2 Å². The number of hydrogen-bond donors (Lipinski definition) is 0. The lowest BCUT2D eigenvalue weighted by Gasteiger charge is -2.71. The number of carbonyl (C=O) groups is 2. The Labute approximate surface area is 225 Å². The van der Waals surface area contributed by atoms with Crippen molar-refractivity contribution in [3.8, 4) is 0 Å². The maximum Gasteiger partial charge on any atom is 0.312 e. The summed E-state index contributed by atoms with van der Waals surface area (Å²) in [6, 6.07) is 0. The van der Waals surface area contributed by atoms with Crippen LogP contribution in [0.3, 0.4) is 0 Å². The molecule has 4 heteroatoms. The predicted molar refractivity (Wildman–Crippen MR) is 147 cm³/mol. The summed E-state index contributed by atoms with van der Waals surface area (Å²) in [5, 5.41) is 0. The first-order valence-electron chi connectivity index (χ1n) is 15.0. The lowest BCUT2D eigenvalue weighted by Crippen LogP contribution is -2.66. The van der Waals surface area contributed by atoms with Crippen LogP contribution in [-0.2, 0) is 19.1 Å². The topological polar surface area (TPSA) is 52.6 Å². The van der Waals surface area contributed by atoms with Crippen molar-refractivity contribution in [2.24, 2.45) is 56.2 Å². The van der Waals surface area contributed by atoms with Gasteiger partial charge in [-0.05, 0) is 103 Å². The molecule has 0 aliphatic heterocycles. The summed E-state index contributed by atoms with van der Waals surface area (Å²) in [5.74, 6) is 1.66. The Bertz CT molecular complexity index is 994. The number of carbonyl (C=O) groups excluding carboxylic acids is 2. The SMILES string of the molecule is COC(=O)[C@]12CCC(C)(C)C[C@H]1[C@@H]1C=C[C@@H]3[C@@]4(C)CC[C@H](OC(C)=O)C(C)(C)[C@@H]4CC[C@]3(C)[C@@]1(C)CC2. The molecule has 5 aliphatic carbocycles. The third-order valence-electron chi connectivity index (χ3n) is 13.5. The lowest BCUT2D eigenvalue weighted by atomic mass is 9.33. The lowest BCUT2D eigenvalue weighted by molar-refractivity contribution is -0.226.